The molecule has 2 nitrogen and oxygen atoms in total. The molecular weight excluding hydrogens is 200 g/mol. The van der Waals surface area contributed by atoms with E-state index < -0.39 is 0 Å². The number of hydrogen-bond acceptors (Lipinski definition) is 2. The van der Waals surface area contributed by atoms with E-state index in [0.29, 0.717) is 12.3 Å². The first-order chi connectivity index (χ1) is 7.74. The normalized spacial score (nSPS) is 15.0. The minimum absolute atomic E-state index is 0.108. The molecule has 0 rings (SSSR count). The van der Waals surface area contributed by atoms with Crippen LogP contribution in [0.4, 0.5) is 0 Å². The van der Waals surface area contributed by atoms with Gasteiger partial charge in [-0.2, -0.15) is 0 Å². The van der Waals surface area contributed by atoms with Gasteiger partial charge in [-0.05, 0) is 18.8 Å². The Hall–Kier alpha value is -0.0800. The Labute approximate surface area is 101 Å². The molecule has 0 aromatic heterocycles. The van der Waals surface area contributed by atoms with Gasteiger partial charge in [0.05, 0.1) is 6.10 Å². The van der Waals surface area contributed by atoms with Crippen LogP contribution in [0.25, 0.3) is 0 Å². The summed E-state index contributed by atoms with van der Waals surface area (Å²) >= 11 is 0. The molecule has 0 saturated carbocycles. The van der Waals surface area contributed by atoms with Gasteiger partial charge in [-0.25, -0.2) is 0 Å². The van der Waals surface area contributed by atoms with E-state index in [0.717, 1.165) is 6.42 Å². The predicted molar refractivity (Wildman–Crippen MR) is 69.5 cm³/mol. The van der Waals surface area contributed by atoms with Crippen molar-refractivity contribution in [2.45, 2.75) is 77.7 Å². The molecule has 2 N–H and O–H groups in total. The number of unbranched alkanes of at least 4 members (excludes halogenated alkanes) is 3. The van der Waals surface area contributed by atoms with Crippen molar-refractivity contribution in [1.29, 1.82) is 0 Å². The fraction of sp³-hybridized carbons (Fsp3) is 1.00. The summed E-state index contributed by atoms with van der Waals surface area (Å²) in [4.78, 5) is 0. The minimum atomic E-state index is -0.298. The van der Waals surface area contributed by atoms with E-state index in [1.165, 1.54) is 44.9 Å². The van der Waals surface area contributed by atoms with Crippen molar-refractivity contribution >= 4 is 0 Å². The molecule has 0 saturated heterocycles. The molecule has 0 fully saturated rings. The van der Waals surface area contributed by atoms with Crippen LogP contribution in [0.5, 0.6) is 0 Å². The summed E-state index contributed by atoms with van der Waals surface area (Å²) in [6.07, 6.45) is 9.96. The van der Waals surface area contributed by atoms with Gasteiger partial charge in [0.15, 0.2) is 0 Å². The Balaban J connectivity index is 3.78. The van der Waals surface area contributed by atoms with Crippen molar-refractivity contribution in [3.8, 4) is 0 Å². The summed E-state index contributed by atoms with van der Waals surface area (Å²) in [5, 5.41) is 18.5. The summed E-state index contributed by atoms with van der Waals surface area (Å²) in [5.41, 5.74) is 0. The predicted octanol–water partition coefficient (Wildman–Crippen LogP) is 3.51. The standard InChI is InChI=1S/C14H30O2/c1-3-5-7-9-13(8-6-4-2)12-14(16)10-11-15/h13-16H,3-12H2,1-2H3. The van der Waals surface area contributed by atoms with E-state index >= 15 is 0 Å². The van der Waals surface area contributed by atoms with Crippen LogP contribution in [-0.2, 0) is 0 Å². The first-order valence-corrected chi connectivity index (χ1v) is 7.03. The first kappa shape index (κ1) is 15.9. The highest BCUT2D eigenvalue weighted by Crippen LogP contribution is 2.22. The van der Waals surface area contributed by atoms with Crippen LogP contribution in [0.3, 0.4) is 0 Å². The third kappa shape index (κ3) is 9.17. The molecule has 98 valence electrons. The second-order valence-corrected chi connectivity index (χ2v) is 4.91. The van der Waals surface area contributed by atoms with Gasteiger partial charge >= 0.3 is 0 Å². The van der Waals surface area contributed by atoms with Crippen LogP contribution in [-0.4, -0.2) is 22.9 Å². The molecule has 0 heterocycles. The highest BCUT2D eigenvalue weighted by molar-refractivity contribution is 4.66. The van der Waals surface area contributed by atoms with E-state index in [9.17, 15) is 5.11 Å². The Morgan fingerprint density at radius 3 is 2.06 bits per heavy atom. The summed E-state index contributed by atoms with van der Waals surface area (Å²) in [6.45, 7) is 4.55. The molecule has 16 heavy (non-hydrogen) atoms. The van der Waals surface area contributed by atoms with Crippen molar-refractivity contribution < 1.29 is 10.2 Å². The lowest BCUT2D eigenvalue weighted by Crippen LogP contribution is -2.15. The largest absolute Gasteiger partial charge is 0.396 e. The quantitative estimate of drug-likeness (QED) is 0.533. The minimum Gasteiger partial charge on any atom is -0.396 e. The smallest absolute Gasteiger partial charge is 0.0564 e. The van der Waals surface area contributed by atoms with E-state index in [4.69, 9.17) is 5.11 Å². The third-order valence-electron chi connectivity index (χ3n) is 3.25. The lowest BCUT2D eigenvalue weighted by Gasteiger charge is -2.19. The highest BCUT2D eigenvalue weighted by Gasteiger charge is 2.13. The van der Waals surface area contributed by atoms with Gasteiger partial charge in [0.1, 0.15) is 0 Å². The fourth-order valence-electron chi connectivity index (χ4n) is 2.21. The van der Waals surface area contributed by atoms with Crippen LogP contribution in [0.2, 0.25) is 0 Å². The summed E-state index contributed by atoms with van der Waals surface area (Å²) in [7, 11) is 0. The van der Waals surface area contributed by atoms with Crippen molar-refractivity contribution in [3.63, 3.8) is 0 Å². The fourth-order valence-corrected chi connectivity index (χ4v) is 2.21. The zero-order valence-corrected chi connectivity index (χ0v) is 11.1. The molecule has 0 amide bonds. The summed E-state index contributed by atoms with van der Waals surface area (Å²) < 4.78 is 0. The van der Waals surface area contributed by atoms with Crippen molar-refractivity contribution in [2.75, 3.05) is 6.61 Å². The maximum absolute atomic E-state index is 9.72. The molecule has 0 radical (unpaired) electrons. The van der Waals surface area contributed by atoms with Crippen LogP contribution < -0.4 is 0 Å². The van der Waals surface area contributed by atoms with E-state index in [-0.39, 0.29) is 12.7 Å². The maximum Gasteiger partial charge on any atom is 0.0564 e. The Kier molecular flexibility index (Phi) is 11.3. The summed E-state index contributed by atoms with van der Waals surface area (Å²) in [6, 6.07) is 0. The van der Waals surface area contributed by atoms with E-state index in [1.54, 1.807) is 0 Å². The Bertz CT molecular complexity index is 137. The zero-order chi connectivity index (χ0) is 12.2. The monoisotopic (exact) mass is 230 g/mol. The molecule has 0 aliphatic heterocycles. The average Bonchev–Trinajstić information content (AvgIpc) is 2.26. The lowest BCUT2D eigenvalue weighted by molar-refractivity contribution is 0.103. The lowest BCUT2D eigenvalue weighted by atomic mass is 9.89. The van der Waals surface area contributed by atoms with Gasteiger partial charge in [-0.1, -0.05) is 58.8 Å². The van der Waals surface area contributed by atoms with Gasteiger partial charge < -0.3 is 10.2 Å². The molecule has 0 aliphatic carbocycles. The van der Waals surface area contributed by atoms with Crippen LogP contribution >= 0.6 is 0 Å². The average molecular weight is 230 g/mol. The van der Waals surface area contributed by atoms with Crippen LogP contribution in [0.1, 0.15) is 71.6 Å². The third-order valence-corrected chi connectivity index (χ3v) is 3.25. The molecule has 0 bridgehead atoms. The maximum atomic E-state index is 9.72. The first-order valence-electron chi connectivity index (χ1n) is 7.03. The number of aliphatic hydroxyl groups is 2. The molecule has 0 spiro atoms. The topological polar surface area (TPSA) is 40.5 Å². The van der Waals surface area contributed by atoms with Crippen molar-refractivity contribution in [3.05, 3.63) is 0 Å². The number of rotatable bonds is 11. The second-order valence-electron chi connectivity index (χ2n) is 4.91. The zero-order valence-electron chi connectivity index (χ0n) is 11.1. The Morgan fingerprint density at radius 2 is 1.50 bits per heavy atom. The highest BCUT2D eigenvalue weighted by atomic mass is 16.3. The van der Waals surface area contributed by atoms with Crippen molar-refractivity contribution in [2.24, 2.45) is 5.92 Å². The van der Waals surface area contributed by atoms with Crippen LogP contribution in [0, 0.1) is 5.92 Å². The number of aliphatic hydroxyl groups excluding tert-OH is 2. The van der Waals surface area contributed by atoms with Crippen LogP contribution in [0.15, 0.2) is 0 Å². The number of hydrogen-bond donors (Lipinski definition) is 2. The second kappa shape index (κ2) is 11.4. The van der Waals surface area contributed by atoms with Gasteiger partial charge in [-0.15, -0.1) is 0 Å². The van der Waals surface area contributed by atoms with Gasteiger partial charge in [-0.3, -0.25) is 0 Å². The van der Waals surface area contributed by atoms with Gasteiger partial charge in [0, 0.05) is 6.61 Å². The SMILES string of the molecule is CCCCCC(CCCC)CC(O)CCO. The van der Waals surface area contributed by atoms with E-state index in [1.807, 2.05) is 0 Å². The molecular formula is C14H30O2. The molecule has 2 heteroatoms. The van der Waals surface area contributed by atoms with Gasteiger partial charge in [0.25, 0.3) is 0 Å². The van der Waals surface area contributed by atoms with E-state index in [2.05, 4.69) is 13.8 Å². The van der Waals surface area contributed by atoms with Gasteiger partial charge in [0.2, 0.25) is 0 Å². The Morgan fingerprint density at radius 1 is 0.875 bits per heavy atom. The molecule has 0 aromatic rings. The van der Waals surface area contributed by atoms with Crippen molar-refractivity contribution in [1.82, 2.24) is 0 Å². The molecule has 2 atom stereocenters. The molecule has 0 aromatic carbocycles. The molecule has 0 aliphatic rings. The molecule has 2 unspecified atom stereocenters. The summed E-state index contributed by atoms with van der Waals surface area (Å²) in [5.74, 6) is 0.660.